The number of nitrogen functional groups attached to an aromatic ring is 1. The van der Waals surface area contributed by atoms with E-state index in [2.05, 4.69) is 15.9 Å². The largest absolute Gasteiger partial charge is 0.399 e. The lowest BCUT2D eigenvalue weighted by atomic mass is 10.1. The summed E-state index contributed by atoms with van der Waals surface area (Å²) >= 11 is 9.36. The van der Waals surface area contributed by atoms with Crippen molar-refractivity contribution < 1.29 is 8.42 Å². The summed E-state index contributed by atoms with van der Waals surface area (Å²) in [5, 5.41) is 0.196. The Morgan fingerprint density at radius 3 is 2.67 bits per heavy atom. The van der Waals surface area contributed by atoms with Gasteiger partial charge < -0.3 is 5.73 Å². The summed E-state index contributed by atoms with van der Waals surface area (Å²) in [6, 6.07) is 10.1. The van der Waals surface area contributed by atoms with Crippen molar-refractivity contribution in [1.29, 1.82) is 0 Å². The fraction of sp³-hybridized carbons (Fsp3) is 0.143. The molecule has 2 aromatic rings. The summed E-state index contributed by atoms with van der Waals surface area (Å²) in [4.78, 5) is 0.0997. The summed E-state index contributed by atoms with van der Waals surface area (Å²) in [5.41, 5.74) is 7.92. The van der Waals surface area contributed by atoms with Gasteiger partial charge in [0, 0.05) is 16.7 Å². The Morgan fingerprint density at radius 2 is 1.95 bits per heavy atom. The maximum Gasteiger partial charge on any atom is 0.265 e. The standard InChI is InChI=1S/C14H12BrClN2O2S/c15-10-2-4-14(12(16)7-10)21(19,20)18-6-5-9-1-3-11(17)8-13(9)18/h1-4,7-8H,5-6,17H2. The molecule has 3 rings (SSSR count). The smallest absolute Gasteiger partial charge is 0.265 e. The number of hydrogen-bond acceptors (Lipinski definition) is 3. The molecule has 21 heavy (non-hydrogen) atoms. The van der Waals surface area contributed by atoms with Gasteiger partial charge in [-0.15, -0.1) is 0 Å². The van der Waals surface area contributed by atoms with E-state index in [4.69, 9.17) is 17.3 Å². The summed E-state index contributed by atoms with van der Waals surface area (Å²) < 4.78 is 27.8. The Balaban J connectivity index is 2.11. The van der Waals surface area contributed by atoms with E-state index in [9.17, 15) is 8.42 Å². The van der Waals surface area contributed by atoms with Crippen LogP contribution in [0.3, 0.4) is 0 Å². The number of benzene rings is 2. The van der Waals surface area contributed by atoms with Crippen LogP contribution in [-0.2, 0) is 16.4 Å². The van der Waals surface area contributed by atoms with E-state index < -0.39 is 10.0 Å². The van der Waals surface area contributed by atoms with Crippen molar-refractivity contribution in [1.82, 2.24) is 0 Å². The van der Waals surface area contributed by atoms with Gasteiger partial charge in [-0.1, -0.05) is 33.6 Å². The second kappa shape index (κ2) is 5.19. The molecular weight excluding hydrogens is 376 g/mol. The van der Waals surface area contributed by atoms with Crippen molar-refractivity contribution in [3.8, 4) is 0 Å². The topological polar surface area (TPSA) is 63.4 Å². The third kappa shape index (κ3) is 2.52. The number of nitrogens with two attached hydrogens (primary N) is 1. The van der Waals surface area contributed by atoms with Crippen LogP contribution in [-0.4, -0.2) is 15.0 Å². The van der Waals surface area contributed by atoms with Crippen LogP contribution in [0.25, 0.3) is 0 Å². The molecule has 0 fully saturated rings. The molecule has 110 valence electrons. The number of hydrogen-bond donors (Lipinski definition) is 1. The minimum Gasteiger partial charge on any atom is -0.399 e. The molecule has 4 nitrogen and oxygen atoms in total. The molecule has 0 radical (unpaired) electrons. The molecule has 0 amide bonds. The molecule has 0 unspecified atom stereocenters. The van der Waals surface area contributed by atoms with Crippen molar-refractivity contribution in [3.05, 3.63) is 51.5 Å². The molecule has 2 N–H and O–H groups in total. The van der Waals surface area contributed by atoms with Crippen LogP contribution in [0.1, 0.15) is 5.56 Å². The summed E-state index contributed by atoms with van der Waals surface area (Å²) in [5.74, 6) is 0. The van der Waals surface area contributed by atoms with E-state index in [1.807, 2.05) is 6.07 Å². The predicted octanol–water partition coefficient (Wildman–Crippen LogP) is 3.44. The zero-order valence-corrected chi connectivity index (χ0v) is 14.0. The molecule has 1 heterocycles. The molecule has 7 heteroatoms. The number of rotatable bonds is 2. The molecule has 0 aliphatic carbocycles. The first-order valence-corrected chi connectivity index (χ1v) is 8.87. The Kier molecular flexibility index (Phi) is 3.63. The minimum atomic E-state index is -3.69. The SMILES string of the molecule is Nc1ccc2c(c1)N(S(=O)(=O)c1ccc(Br)cc1Cl)CC2. The van der Waals surface area contributed by atoms with E-state index in [0.717, 1.165) is 10.0 Å². The molecule has 0 saturated heterocycles. The van der Waals surface area contributed by atoms with Gasteiger partial charge in [-0.25, -0.2) is 8.42 Å². The van der Waals surface area contributed by atoms with E-state index in [1.165, 1.54) is 10.4 Å². The molecular formula is C14H12BrClN2O2S. The zero-order chi connectivity index (χ0) is 15.2. The normalized spacial score (nSPS) is 14.3. The van der Waals surface area contributed by atoms with Crippen LogP contribution in [0, 0.1) is 0 Å². The maximum atomic E-state index is 12.8. The lowest BCUT2D eigenvalue weighted by molar-refractivity contribution is 0.592. The van der Waals surface area contributed by atoms with Gasteiger partial charge in [0.15, 0.2) is 0 Å². The van der Waals surface area contributed by atoms with Crippen LogP contribution in [0.5, 0.6) is 0 Å². The first kappa shape index (κ1) is 14.7. The number of nitrogens with zero attached hydrogens (tertiary/aromatic N) is 1. The van der Waals surface area contributed by atoms with Gasteiger partial charge in [0.25, 0.3) is 10.0 Å². The van der Waals surface area contributed by atoms with Crippen molar-refractivity contribution >= 4 is 48.9 Å². The Morgan fingerprint density at radius 1 is 1.19 bits per heavy atom. The van der Waals surface area contributed by atoms with Gasteiger partial charge in [-0.05, 0) is 42.3 Å². The minimum absolute atomic E-state index is 0.0997. The highest BCUT2D eigenvalue weighted by atomic mass is 79.9. The Labute approximate surface area is 136 Å². The third-order valence-corrected chi connectivity index (χ3v) is 6.21. The van der Waals surface area contributed by atoms with Crippen LogP contribution in [0.15, 0.2) is 45.8 Å². The highest BCUT2D eigenvalue weighted by Crippen LogP contribution is 2.36. The second-order valence-corrected chi connectivity index (χ2v) is 7.94. The summed E-state index contributed by atoms with van der Waals surface area (Å²) in [6.45, 7) is 0.396. The number of sulfonamides is 1. The van der Waals surface area contributed by atoms with Crippen LogP contribution in [0.2, 0.25) is 5.02 Å². The van der Waals surface area contributed by atoms with Gasteiger partial charge >= 0.3 is 0 Å². The van der Waals surface area contributed by atoms with Crippen molar-refractivity contribution in [2.45, 2.75) is 11.3 Å². The average molecular weight is 388 g/mol. The van der Waals surface area contributed by atoms with Gasteiger partial charge in [-0.3, -0.25) is 4.31 Å². The Bertz CT molecular complexity index is 824. The van der Waals surface area contributed by atoms with Crippen LogP contribution in [0.4, 0.5) is 11.4 Å². The Hall–Kier alpha value is -1.24. The molecule has 2 aromatic carbocycles. The van der Waals surface area contributed by atoms with Gasteiger partial charge in [0.1, 0.15) is 4.90 Å². The lowest BCUT2D eigenvalue weighted by Gasteiger charge is -2.20. The highest BCUT2D eigenvalue weighted by Gasteiger charge is 2.32. The third-order valence-electron chi connectivity index (χ3n) is 3.42. The number of anilines is 2. The molecule has 0 bridgehead atoms. The second-order valence-electron chi connectivity index (χ2n) is 4.79. The van der Waals surface area contributed by atoms with E-state index in [-0.39, 0.29) is 9.92 Å². The monoisotopic (exact) mass is 386 g/mol. The molecule has 1 aliphatic heterocycles. The van der Waals surface area contributed by atoms with Gasteiger partial charge in [0.05, 0.1) is 10.7 Å². The summed E-state index contributed by atoms with van der Waals surface area (Å²) in [7, 11) is -3.69. The lowest BCUT2D eigenvalue weighted by Crippen LogP contribution is -2.29. The number of fused-ring (bicyclic) bond motifs is 1. The molecule has 0 spiro atoms. The van der Waals surface area contributed by atoms with E-state index in [0.29, 0.717) is 24.3 Å². The molecule has 0 saturated carbocycles. The zero-order valence-electron chi connectivity index (χ0n) is 10.9. The van der Waals surface area contributed by atoms with E-state index >= 15 is 0 Å². The van der Waals surface area contributed by atoms with Gasteiger partial charge in [-0.2, -0.15) is 0 Å². The molecule has 0 atom stereocenters. The van der Waals surface area contributed by atoms with Crippen molar-refractivity contribution in [2.24, 2.45) is 0 Å². The maximum absolute atomic E-state index is 12.8. The number of halogens is 2. The van der Waals surface area contributed by atoms with Gasteiger partial charge in [0.2, 0.25) is 0 Å². The average Bonchev–Trinajstić information content (AvgIpc) is 2.81. The summed E-state index contributed by atoms with van der Waals surface area (Å²) in [6.07, 6.45) is 0.670. The fourth-order valence-electron chi connectivity index (χ4n) is 2.42. The molecule has 0 aromatic heterocycles. The predicted molar refractivity (Wildman–Crippen MR) is 88.2 cm³/mol. The highest BCUT2D eigenvalue weighted by molar-refractivity contribution is 9.10. The first-order chi connectivity index (χ1) is 9.89. The molecule has 1 aliphatic rings. The van der Waals surface area contributed by atoms with Crippen LogP contribution >= 0.6 is 27.5 Å². The van der Waals surface area contributed by atoms with E-state index in [1.54, 1.807) is 24.3 Å². The van der Waals surface area contributed by atoms with Crippen LogP contribution < -0.4 is 10.0 Å². The van der Waals surface area contributed by atoms with Crippen molar-refractivity contribution in [3.63, 3.8) is 0 Å². The van der Waals surface area contributed by atoms with Crippen molar-refractivity contribution in [2.75, 3.05) is 16.6 Å². The quantitative estimate of drug-likeness (QED) is 0.803. The fourth-order valence-corrected chi connectivity index (χ4v) is 4.93. The first-order valence-electron chi connectivity index (χ1n) is 6.26.